The number of thioether (sulfide) groups is 1. The SMILES string of the molecule is CCOc1cc(/C=C2\SC(=S)N(C(C(=O)O)C(C)C)C2=O)ccc1O. The molecule has 25 heavy (non-hydrogen) atoms. The van der Waals surface area contributed by atoms with Crippen LogP contribution in [0.3, 0.4) is 0 Å². The van der Waals surface area contributed by atoms with Crippen molar-refractivity contribution in [3.63, 3.8) is 0 Å². The van der Waals surface area contributed by atoms with Gasteiger partial charge in [0, 0.05) is 0 Å². The van der Waals surface area contributed by atoms with Crippen molar-refractivity contribution >= 4 is 46.3 Å². The van der Waals surface area contributed by atoms with Gasteiger partial charge in [0.15, 0.2) is 11.5 Å². The molecule has 0 spiro atoms. The Morgan fingerprint density at radius 1 is 1.44 bits per heavy atom. The first-order chi connectivity index (χ1) is 11.8. The highest BCUT2D eigenvalue weighted by Gasteiger charge is 2.41. The molecule has 1 fully saturated rings. The van der Waals surface area contributed by atoms with Gasteiger partial charge in [-0.2, -0.15) is 0 Å². The lowest BCUT2D eigenvalue weighted by atomic mass is 10.0. The van der Waals surface area contributed by atoms with E-state index in [1.54, 1.807) is 39.0 Å². The second kappa shape index (κ2) is 7.88. The van der Waals surface area contributed by atoms with Crippen molar-refractivity contribution in [2.24, 2.45) is 5.92 Å². The van der Waals surface area contributed by atoms with Gasteiger partial charge in [-0.25, -0.2) is 4.79 Å². The Balaban J connectivity index is 2.34. The fourth-order valence-electron chi connectivity index (χ4n) is 2.46. The summed E-state index contributed by atoms with van der Waals surface area (Å²) >= 11 is 6.28. The summed E-state index contributed by atoms with van der Waals surface area (Å²) in [6.45, 7) is 5.66. The third kappa shape index (κ3) is 4.13. The van der Waals surface area contributed by atoms with Gasteiger partial charge in [-0.05, 0) is 36.6 Å². The van der Waals surface area contributed by atoms with Gasteiger partial charge >= 0.3 is 5.97 Å². The van der Waals surface area contributed by atoms with Crippen LogP contribution in [-0.4, -0.2) is 44.0 Å². The van der Waals surface area contributed by atoms with E-state index in [9.17, 15) is 19.8 Å². The number of carbonyl (C=O) groups excluding carboxylic acids is 1. The molecule has 0 aliphatic carbocycles. The maximum Gasteiger partial charge on any atom is 0.327 e. The number of carbonyl (C=O) groups is 2. The standard InChI is InChI=1S/C17H19NO5S2/c1-4-23-12-7-10(5-6-11(12)19)8-13-15(20)18(17(24)25-13)14(9(2)3)16(21)22/h5-9,14,19H,4H2,1-3H3,(H,21,22)/b13-8-. The lowest BCUT2D eigenvalue weighted by Crippen LogP contribution is -2.47. The molecule has 1 unspecified atom stereocenters. The molecule has 0 bridgehead atoms. The van der Waals surface area contributed by atoms with Crippen LogP contribution < -0.4 is 4.74 Å². The Morgan fingerprint density at radius 2 is 2.12 bits per heavy atom. The van der Waals surface area contributed by atoms with Gasteiger partial charge in [-0.3, -0.25) is 9.69 Å². The Kier molecular flexibility index (Phi) is 6.07. The number of phenolic OH excluding ortho intramolecular Hbond substituents is 1. The maximum absolute atomic E-state index is 12.7. The Hall–Kier alpha value is -2.06. The minimum Gasteiger partial charge on any atom is -0.504 e. The number of amides is 1. The molecule has 2 rings (SSSR count). The molecule has 1 aromatic rings. The van der Waals surface area contributed by atoms with E-state index in [1.807, 2.05) is 0 Å². The average Bonchev–Trinajstić information content (AvgIpc) is 2.78. The first-order valence-corrected chi connectivity index (χ1v) is 8.94. The van der Waals surface area contributed by atoms with Crippen molar-refractivity contribution in [1.82, 2.24) is 4.90 Å². The molecule has 0 radical (unpaired) electrons. The minimum absolute atomic E-state index is 0.0114. The van der Waals surface area contributed by atoms with Gasteiger partial charge in [0.05, 0.1) is 11.5 Å². The van der Waals surface area contributed by atoms with E-state index >= 15 is 0 Å². The minimum atomic E-state index is -1.09. The molecule has 1 heterocycles. The second-order valence-electron chi connectivity index (χ2n) is 5.74. The highest BCUT2D eigenvalue weighted by molar-refractivity contribution is 8.26. The first-order valence-electron chi connectivity index (χ1n) is 7.72. The third-order valence-electron chi connectivity index (χ3n) is 3.57. The zero-order valence-electron chi connectivity index (χ0n) is 14.1. The van der Waals surface area contributed by atoms with Gasteiger partial charge in [0.1, 0.15) is 10.4 Å². The van der Waals surface area contributed by atoms with E-state index < -0.39 is 17.9 Å². The topological polar surface area (TPSA) is 87.1 Å². The third-order valence-corrected chi connectivity index (χ3v) is 4.90. The summed E-state index contributed by atoms with van der Waals surface area (Å²) in [5, 5.41) is 19.2. The smallest absolute Gasteiger partial charge is 0.327 e. The highest BCUT2D eigenvalue weighted by Crippen LogP contribution is 2.36. The van der Waals surface area contributed by atoms with E-state index in [0.29, 0.717) is 22.8 Å². The van der Waals surface area contributed by atoms with Crippen molar-refractivity contribution in [2.75, 3.05) is 6.61 Å². The number of thiocarbonyl (C=S) groups is 1. The number of hydrogen-bond donors (Lipinski definition) is 2. The van der Waals surface area contributed by atoms with Crippen molar-refractivity contribution in [3.8, 4) is 11.5 Å². The predicted molar refractivity (Wildman–Crippen MR) is 101 cm³/mol. The Morgan fingerprint density at radius 3 is 2.68 bits per heavy atom. The molecule has 8 heteroatoms. The predicted octanol–water partition coefficient (Wildman–Crippen LogP) is 3.10. The number of benzene rings is 1. The molecule has 1 amide bonds. The molecular weight excluding hydrogens is 362 g/mol. The average molecular weight is 381 g/mol. The zero-order chi connectivity index (χ0) is 18.7. The van der Waals surface area contributed by atoms with Crippen molar-refractivity contribution in [3.05, 3.63) is 28.7 Å². The number of nitrogens with zero attached hydrogens (tertiary/aromatic N) is 1. The summed E-state index contributed by atoms with van der Waals surface area (Å²) in [7, 11) is 0. The molecular formula is C17H19NO5S2. The van der Waals surface area contributed by atoms with E-state index in [4.69, 9.17) is 17.0 Å². The number of carboxylic acid groups (broad SMARTS) is 1. The van der Waals surface area contributed by atoms with Gasteiger partial charge in [0.2, 0.25) is 0 Å². The number of aliphatic carboxylic acids is 1. The fraction of sp³-hybridized carbons (Fsp3) is 0.353. The summed E-state index contributed by atoms with van der Waals surface area (Å²) in [6.07, 6.45) is 1.61. The van der Waals surface area contributed by atoms with Crippen LogP contribution in [0.15, 0.2) is 23.1 Å². The van der Waals surface area contributed by atoms with Crippen molar-refractivity contribution in [1.29, 1.82) is 0 Å². The first kappa shape index (κ1) is 19.3. The van der Waals surface area contributed by atoms with Crippen molar-refractivity contribution < 1.29 is 24.5 Å². The van der Waals surface area contributed by atoms with E-state index in [1.165, 1.54) is 6.07 Å². The van der Waals surface area contributed by atoms with Gasteiger partial charge < -0.3 is 14.9 Å². The van der Waals surface area contributed by atoms with E-state index in [2.05, 4.69) is 0 Å². The fourth-order valence-corrected chi connectivity index (χ4v) is 3.79. The molecule has 1 aromatic carbocycles. The molecule has 2 N–H and O–H groups in total. The molecule has 1 aliphatic rings. The lowest BCUT2D eigenvalue weighted by Gasteiger charge is -2.26. The van der Waals surface area contributed by atoms with Crippen LogP contribution in [0, 0.1) is 5.92 Å². The van der Waals surface area contributed by atoms with Crippen LogP contribution in [0.5, 0.6) is 11.5 Å². The number of ether oxygens (including phenoxy) is 1. The van der Waals surface area contributed by atoms with Gasteiger partial charge in [-0.1, -0.05) is 43.9 Å². The molecule has 0 saturated carbocycles. The van der Waals surface area contributed by atoms with Crippen LogP contribution in [-0.2, 0) is 9.59 Å². The highest BCUT2D eigenvalue weighted by atomic mass is 32.2. The van der Waals surface area contributed by atoms with Crippen LogP contribution in [0.4, 0.5) is 0 Å². The number of carboxylic acids is 1. The van der Waals surface area contributed by atoms with Gasteiger partial charge in [-0.15, -0.1) is 0 Å². The quantitative estimate of drug-likeness (QED) is 0.578. The Labute approximate surface area is 155 Å². The summed E-state index contributed by atoms with van der Waals surface area (Å²) in [5.41, 5.74) is 0.651. The summed E-state index contributed by atoms with van der Waals surface area (Å²) in [6, 6.07) is 3.73. The van der Waals surface area contributed by atoms with Gasteiger partial charge in [0.25, 0.3) is 5.91 Å². The van der Waals surface area contributed by atoms with Crippen LogP contribution >= 0.6 is 24.0 Å². The zero-order valence-corrected chi connectivity index (χ0v) is 15.7. The second-order valence-corrected chi connectivity index (χ2v) is 7.41. The molecule has 6 nitrogen and oxygen atoms in total. The molecule has 1 aliphatic heterocycles. The largest absolute Gasteiger partial charge is 0.504 e. The normalized spacial score (nSPS) is 17.4. The van der Waals surface area contributed by atoms with E-state index in [-0.39, 0.29) is 16.0 Å². The lowest BCUT2D eigenvalue weighted by molar-refractivity contribution is -0.146. The monoisotopic (exact) mass is 381 g/mol. The maximum atomic E-state index is 12.7. The summed E-state index contributed by atoms with van der Waals surface area (Å²) in [4.78, 5) is 25.7. The number of aromatic hydroxyl groups is 1. The van der Waals surface area contributed by atoms with E-state index in [0.717, 1.165) is 16.7 Å². The summed E-state index contributed by atoms with van der Waals surface area (Å²) in [5.74, 6) is -1.47. The molecule has 0 aromatic heterocycles. The molecule has 1 atom stereocenters. The summed E-state index contributed by atoms with van der Waals surface area (Å²) < 4.78 is 5.55. The number of phenols is 1. The van der Waals surface area contributed by atoms with Crippen LogP contribution in [0.1, 0.15) is 26.3 Å². The Bertz CT molecular complexity index is 745. The van der Waals surface area contributed by atoms with Crippen LogP contribution in [0.25, 0.3) is 6.08 Å². The van der Waals surface area contributed by atoms with Crippen LogP contribution in [0.2, 0.25) is 0 Å². The van der Waals surface area contributed by atoms with Crippen molar-refractivity contribution in [2.45, 2.75) is 26.8 Å². The molecule has 1 saturated heterocycles. The number of rotatable bonds is 6. The number of hydrogen-bond acceptors (Lipinski definition) is 6. The molecule has 134 valence electrons.